The summed E-state index contributed by atoms with van der Waals surface area (Å²) in [4.78, 5) is 27.2. The number of halogens is 1. The highest BCUT2D eigenvalue weighted by Gasteiger charge is 2.18. The first-order valence-corrected chi connectivity index (χ1v) is 12.0. The predicted octanol–water partition coefficient (Wildman–Crippen LogP) is 3.88. The zero-order valence-corrected chi connectivity index (χ0v) is 19.9. The number of ether oxygens (including phenoxy) is 1. The molecule has 0 bridgehead atoms. The van der Waals surface area contributed by atoms with Gasteiger partial charge in [0.15, 0.2) is 0 Å². The average molecular weight is 493 g/mol. The van der Waals surface area contributed by atoms with Crippen molar-refractivity contribution in [3.63, 3.8) is 0 Å². The van der Waals surface area contributed by atoms with Gasteiger partial charge in [0.25, 0.3) is 5.91 Å². The van der Waals surface area contributed by atoms with Gasteiger partial charge in [-0.25, -0.2) is 17.9 Å². The Balaban J connectivity index is 1.60. The molecule has 1 aromatic heterocycles. The van der Waals surface area contributed by atoms with Crippen LogP contribution in [0.25, 0.3) is 10.9 Å². The van der Waals surface area contributed by atoms with Crippen LogP contribution in [-0.2, 0) is 14.8 Å². The van der Waals surface area contributed by atoms with Gasteiger partial charge in [-0.05, 0) is 57.2 Å². The van der Waals surface area contributed by atoms with Gasteiger partial charge in [0.1, 0.15) is 11.3 Å². The summed E-state index contributed by atoms with van der Waals surface area (Å²) in [6.45, 7) is 5.21. The number of carbonyl (C=O) groups excluding carboxylic acids is 2. The topological polar surface area (TPSA) is 129 Å². The van der Waals surface area contributed by atoms with Crippen LogP contribution < -0.4 is 15.4 Å². The van der Waals surface area contributed by atoms with E-state index in [-0.39, 0.29) is 18.0 Å². The molecule has 0 aliphatic heterocycles. The number of H-pyrrole nitrogens is 1. The molecule has 0 unspecified atom stereocenters. The molecule has 1 heterocycles. The number of fused-ring (bicyclic) bond motifs is 1. The summed E-state index contributed by atoms with van der Waals surface area (Å²) in [5.74, 6) is -0.425. The van der Waals surface area contributed by atoms with Crippen LogP contribution in [0, 0.1) is 0 Å². The maximum atomic E-state index is 12.6. The number of hydrogen-bond donors (Lipinski definition) is 4. The number of hydrogen-bond acceptors (Lipinski definition) is 5. The van der Waals surface area contributed by atoms with Gasteiger partial charge < -0.3 is 20.4 Å². The maximum absolute atomic E-state index is 12.6. The number of rotatable bonds is 7. The van der Waals surface area contributed by atoms with Gasteiger partial charge in [-0.2, -0.15) is 0 Å². The van der Waals surface area contributed by atoms with E-state index >= 15 is 0 Å². The Labute approximate surface area is 196 Å². The molecular weight excluding hydrogens is 468 g/mol. The van der Waals surface area contributed by atoms with Crippen LogP contribution in [-0.4, -0.2) is 44.1 Å². The van der Waals surface area contributed by atoms with Crippen molar-refractivity contribution < 1.29 is 22.7 Å². The molecule has 9 nitrogen and oxygen atoms in total. The van der Waals surface area contributed by atoms with Crippen LogP contribution in [0.5, 0.6) is 0 Å². The van der Waals surface area contributed by atoms with E-state index < -0.39 is 27.6 Å². The molecule has 0 fully saturated rings. The number of anilines is 1. The summed E-state index contributed by atoms with van der Waals surface area (Å²) in [5.41, 5.74) is 0.695. The average Bonchev–Trinajstić information content (AvgIpc) is 3.13. The third-order valence-electron chi connectivity index (χ3n) is 4.32. The Kier molecular flexibility index (Phi) is 7.31. The lowest BCUT2D eigenvalue weighted by atomic mass is 10.2. The molecule has 2 aromatic carbocycles. The molecule has 176 valence electrons. The first-order valence-electron chi connectivity index (χ1n) is 10.1. The Morgan fingerprint density at radius 1 is 1.06 bits per heavy atom. The first kappa shape index (κ1) is 24.6. The molecular formula is C22H25ClN4O5S. The Bertz CT molecular complexity index is 1280. The first-order chi connectivity index (χ1) is 15.4. The number of alkyl carbamates (subject to hydrolysis) is 1. The predicted molar refractivity (Wildman–Crippen MR) is 127 cm³/mol. The van der Waals surface area contributed by atoms with Crippen LogP contribution >= 0.6 is 11.6 Å². The quantitative estimate of drug-likeness (QED) is 0.372. The van der Waals surface area contributed by atoms with Crippen LogP contribution in [0.1, 0.15) is 31.3 Å². The highest BCUT2D eigenvalue weighted by molar-refractivity contribution is 7.89. The van der Waals surface area contributed by atoms with Gasteiger partial charge >= 0.3 is 6.09 Å². The zero-order valence-electron chi connectivity index (χ0n) is 18.4. The third-order valence-corrected chi connectivity index (χ3v) is 6.01. The van der Waals surface area contributed by atoms with Gasteiger partial charge in [0, 0.05) is 34.7 Å². The number of sulfonamides is 1. The Hall–Kier alpha value is -3.08. The largest absolute Gasteiger partial charge is 0.444 e. The van der Waals surface area contributed by atoms with Crippen molar-refractivity contribution in [1.82, 2.24) is 15.0 Å². The minimum atomic E-state index is -3.86. The number of nitrogens with one attached hydrogen (secondary N) is 4. The van der Waals surface area contributed by atoms with E-state index in [1.165, 1.54) is 18.2 Å². The molecule has 11 heteroatoms. The van der Waals surface area contributed by atoms with Gasteiger partial charge in [0.2, 0.25) is 10.0 Å². The molecule has 33 heavy (non-hydrogen) atoms. The van der Waals surface area contributed by atoms with E-state index in [1.807, 2.05) is 0 Å². The second-order valence-electron chi connectivity index (χ2n) is 8.22. The maximum Gasteiger partial charge on any atom is 0.407 e. The van der Waals surface area contributed by atoms with Crippen LogP contribution in [0.3, 0.4) is 0 Å². The molecule has 0 radical (unpaired) electrons. The van der Waals surface area contributed by atoms with Crippen molar-refractivity contribution >= 4 is 50.2 Å². The minimum Gasteiger partial charge on any atom is -0.444 e. The van der Waals surface area contributed by atoms with Crippen molar-refractivity contribution in [2.75, 3.05) is 18.4 Å². The molecule has 2 amide bonds. The third kappa shape index (κ3) is 6.95. The van der Waals surface area contributed by atoms with Gasteiger partial charge in [-0.3, -0.25) is 4.79 Å². The van der Waals surface area contributed by atoms with E-state index in [0.29, 0.717) is 21.9 Å². The number of benzene rings is 2. The second-order valence-corrected chi connectivity index (χ2v) is 10.4. The fourth-order valence-electron chi connectivity index (χ4n) is 2.91. The van der Waals surface area contributed by atoms with Crippen molar-refractivity contribution in [3.8, 4) is 0 Å². The van der Waals surface area contributed by atoms with Gasteiger partial charge in [-0.15, -0.1) is 0 Å². The highest BCUT2D eigenvalue weighted by Crippen LogP contribution is 2.21. The van der Waals surface area contributed by atoms with Crippen LogP contribution in [0.4, 0.5) is 10.5 Å². The summed E-state index contributed by atoms with van der Waals surface area (Å²) < 4.78 is 32.6. The minimum absolute atomic E-state index is 0.0269. The molecule has 4 N–H and O–H groups in total. The molecule has 3 rings (SSSR count). The molecule has 0 saturated heterocycles. The van der Waals surface area contributed by atoms with E-state index in [0.717, 1.165) is 5.39 Å². The SMILES string of the molecule is CC(C)(C)OC(=O)NCCNS(=O)(=O)c1cccc(NC(=O)c2cc3ccc(Cl)cc3[nH]2)c1. The monoisotopic (exact) mass is 492 g/mol. The highest BCUT2D eigenvalue weighted by atomic mass is 35.5. The molecule has 0 aliphatic carbocycles. The van der Waals surface area contributed by atoms with Gasteiger partial charge in [0.05, 0.1) is 4.90 Å². The van der Waals surface area contributed by atoms with Crippen molar-refractivity contribution in [1.29, 1.82) is 0 Å². The van der Waals surface area contributed by atoms with E-state index in [4.69, 9.17) is 16.3 Å². The molecule has 0 spiro atoms. The van der Waals surface area contributed by atoms with Crippen molar-refractivity contribution in [3.05, 3.63) is 59.2 Å². The Morgan fingerprint density at radius 3 is 2.55 bits per heavy atom. The second kappa shape index (κ2) is 9.82. The number of carbonyl (C=O) groups is 2. The molecule has 0 saturated carbocycles. The van der Waals surface area contributed by atoms with Crippen molar-refractivity contribution in [2.24, 2.45) is 0 Å². The summed E-state index contributed by atoms with van der Waals surface area (Å²) in [5, 5.41) is 6.53. The van der Waals surface area contributed by atoms with Crippen molar-refractivity contribution in [2.45, 2.75) is 31.3 Å². The Morgan fingerprint density at radius 2 is 1.82 bits per heavy atom. The fourth-order valence-corrected chi connectivity index (χ4v) is 4.16. The summed E-state index contributed by atoms with van der Waals surface area (Å²) in [6.07, 6.45) is -0.634. The summed E-state index contributed by atoms with van der Waals surface area (Å²) in [7, 11) is -3.86. The van der Waals surface area contributed by atoms with E-state index in [2.05, 4.69) is 20.3 Å². The number of aromatic nitrogens is 1. The summed E-state index contributed by atoms with van der Waals surface area (Å²) >= 11 is 5.97. The van der Waals surface area contributed by atoms with Crippen LogP contribution in [0.15, 0.2) is 53.4 Å². The fraction of sp³-hybridized carbons (Fsp3) is 0.273. The normalized spacial score (nSPS) is 11.9. The standard InChI is InChI=1S/C22H25ClN4O5S/c1-22(2,3)32-21(29)24-9-10-25-33(30,31)17-6-4-5-16(13-17)26-20(28)19-11-14-7-8-15(23)12-18(14)27-19/h4-8,11-13,25,27H,9-10H2,1-3H3,(H,24,29)(H,26,28). The van der Waals surface area contributed by atoms with Gasteiger partial charge in [-0.1, -0.05) is 23.7 Å². The molecule has 3 aromatic rings. The number of amides is 2. The lowest BCUT2D eigenvalue weighted by Gasteiger charge is -2.19. The molecule has 0 atom stereocenters. The van der Waals surface area contributed by atoms with E-state index in [9.17, 15) is 18.0 Å². The van der Waals surface area contributed by atoms with E-state index in [1.54, 1.807) is 51.1 Å². The lowest BCUT2D eigenvalue weighted by molar-refractivity contribution is 0.0528. The smallest absolute Gasteiger partial charge is 0.407 e. The lowest BCUT2D eigenvalue weighted by Crippen LogP contribution is -2.37. The zero-order chi connectivity index (χ0) is 24.2. The number of aromatic amines is 1. The molecule has 0 aliphatic rings. The summed E-state index contributed by atoms with van der Waals surface area (Å²) in [6, 6.07) is 12.8. The van der Waals surface area contributed by atoms with Crippen LogP contribution in [0.2, 0.25) is 5.02 Å².